The summed E-state index contributed by atoms with van der Waals surface area (Å²) < 4.78 is 27.3. The van der Waals surface area contributed by atoms with Gasteiger partial charge in [-0.2, -0.15) is 4.31 Å². The number of hydrogen-bond donors (Lipinski definition) is 0. The first kappa shape index (κ1) is 16.8. The number of rotatable bonds is 4. The molecular formula is C14H12BrCl2NO2S. The smallest absolute Gasteiger partial charge is 0.207 e. The molecule has 0 spiro atoms. The van der Waals surface area contributed by atoms with Gasteiger partial charge in [-0.3, -0.25) is 0 Å². The zero-order valence-corrected chi connectivity index (χ0v) is 15.0. The van der Waals surface area contributed by atoms with Gasteiger partial charge in [0.15, 0.2) is 0 Å². The van der Waals surface area contributed by atoms with Crippen molar-refractivity contribution in [2.75, 3.05) is 7.05 Å². The van der Waals surface area contributed by atoms with Crippen LogP contribution < -0.4 is 0 Å². The highest BCUT2D eigenvalue weighted by atomic mass is 79.9. The van der Waals surface area contributed by atoms with E-state index in [0.717, 1.165) is 10.0 Å². The van der Waals surface area contributed by atoms with Crippen LogP contribution in [0.5, 0.6) is 0 Å². The second kappa shape index (κ2) is 6.67. The fraction of sp³-hybridized carbons (Fsp3) is 0.143. The summed E-state index contributed by atoms with van der Waals surface area (Å²) in [5.41, 5.74) is 0.869. The van der Waals surface area contributed by atoms with Crippen molar-refractivity contribution in [2.45, 2.75) is 11.4 Å². The van der Waals surface area contributed by atoms with Gasteiger partial charge in [-0.15, -0.1) is 0 Å². The minimum absolute atomic E-state index is 0.00848. The Morgan fingerprint density at radius 1 is 1.14 bits per heavy atom. The molecule has 0 amide bonds. The summed E-state index contributed by atoms with van der Waals surface area (Å²) in [7, 11) is -2.19. The zero-order chi connectivity index (χ0) is 15.6. The maximum absolute atomic E-state index is 12.6. The van der Waals surface area contributed by atoms with E-state index in [1.165, 1.54) is 23.5 Å². The van der Waals surface area contributed by atoms with Gasteiger partial charge in [0.05, 0.1) is 5.02 Å². The summed E-state index contributed by atoms with van der Waals surface area (Å²) >= 11 is 15.2. The molecule has 3 nitrogen and oxygen atoms in total. The summed E-state index contributed by atoms with van der Waals surface area (Å²) in [6.45, 7) is 0.241. The Morgan fingerprint density at radius 2 is 1.86 bits per heavy atom. The molecule has 2 aromatic rings. The molecule has 21 heavy (non-hydrogen) atoms. The lowest BCUT2D eigenvalue weighted by molar-refractivity contribution is 0.466. The van der Waals surface area contributed by atoms with Crippen molar-refractivity contribution in [3.05, 3.63) is 62.5 Å². The van der Waals surface area contributed by atoms with Gasteiger partial charge in [-0.05, 0) is 35.9 Å². The van der Waals surface area contributed by atoms with Crippen LogP contribution >= 0.6 is 39.1 Å². The van der Waals surface area contributed by atoms with Crippen LogP contribution in [0, 0.1) is 0 Å². The fourth-order valence-electron chi connectivity index (χ4n) is 1.82. The Hall–Kier alpha value is -0.590. The fourth-order valence-corrected chi connectivity index (χ4v) is 4.16. The molecule has 0 heterocycles. The Kier molecular flexibility index (Phi) is 5.33. The molecule has 0 unspecified atom stereocenters. The zero-order valence-electron chi connectivity index (χ0n) is 11.1. The first-order valence-electron chi connectivity index (χ1n) is 5.96. The van der Waals surface area contributed by atoms with Crippen LogP contribution in [-0.2, 0) is 16.6 Å². The molecular weight excluding hydrogens is 397 g/mol. The summed E-state index contributed by atoms with van der Waals surface area (Å²) in [5.74, 6) is 0. The van der Waals surface area contributed by atoms with E-state index >= 15 is 0 Å². The molecule has 0 saturated heterocycles. The second-order valence-corrected chi connectivity index (χ2v) is 8.24. The highest BCUT2D eigenvalue weighted by Gasteiger charge is 2.24. The van der Waals surface area contributed by atoms with E-state index in [4.69, 9.17) is 23.2 Å². The normalized spacial score (nSPS) is 11.9. The third-order valence-electron chi connectivity index (χ3n) is 2.88. The van der Waals surface area contributed by atoms with E-state index in [1.54, 1.807) is 6.07 Å². The number of sulfonamides is 1. The molecule has 0 fully saturated rings. The van der Waals surface area contributed by atoms with E-state index in [2.05, 4.69) is 15.9 Å². The topological polar surface area (TPSA) is 37.4 Å². The van der Waals surface area contributed by atoms with E-state index in [0.29, 0.717) is 5.02 Å². The highest BCUT2D eigenvalue weighted by Crippen LogP contribution is 2.28. The molecule has 0 aliphatic rings. The molecule has 0 aliphatic heterocycles. The minimum Gasteiger partial charge on any atom is -0.207 e. The van der Waals surface area contributed by atoms with Gasteiger partial charge in [0.25, 0.3) is 0 Å². The van der Waals surface area contributed by atoms with Gasteiger partial charge in [0.1, 0.15) is 4.90 Å². The van der Waals surface area contributed by atoms with Gasteiger partial charge < -0.3 is 0 Å². The molecule has 2 rings (SSSR count). The Balaban J connectivity index is 2.33. The average Bonchev–Trinajstić information content (AvgIpc) is 2.41. The summed E-state index contributed by atoms with van der Waals surface area (Å²) in [5, 5.41) is 0.481. The van der Waals surface area contributed by atoms with Crippen molar-refractivity contribution in [3.8, 4) is 0 Å². The van der Waals surface area contributed by atoms with Crippen molar-refractivity contribution in [3.63, 3.8) is 0 Å². The van der Waals surface area contributed by atoms with Crippen molar-refractivity contribution >= 4 is 49.2 Å². The van der Waals surface area contributed by atoms with E-state index in [9.17, 15) is 8.42 Å². The number of halogens is 3. The third-order valence-corrected chi connectivity index (χ3v) is 5.89. The lowest BCUT2D eigenvalue weighted by Crippen LogP contribution is -2.26. The molecule has 0 aromatic heterocycles. The Labute approximate surface area is 142 Å². The van der Waals surface area contributed by atoms with Crippen molar-refractivity contribution in [2.24, 2.45) is 0 Å². The molecule has 0 atom stereocenters. The predicted octanol–water partition coefficient (Wildman–Crippen LogP) is 4.58. The van der Waals surface area contributed by atoms with Gasteiger partial charge in [0.2, 0.25) is 10.0 Å². The molecule has 0 aliphatic carbocycles. The molecule has 0 saturated carbocycles. The molecule has 2 aromatic carbocycles. The third kappa shape index (κ3) is 3.99. The van der Waals surface area contributed by atoms with Crippen LogP contribution in [-0.4, -0.2) is 19.8 Å². The maximum Gasteiger partial charge on any atom is 0.244 e. The Bertz CT molecular complexity index is 765. The first-order chi connectivity index (χ1) is 9.80. The number of benzene rings is 2. The number of hydrogen-bond acceptors (Lipinski definition) is 2. The van der Waals surface area contributed by atoms with Gasteiger partial charge in [-0.1, -0.05) is 51.3 Å². The van der Waals surface area contributed by atoms with E-state index in [-0.39, 0.29) is 16.5 Å². The summed E-state index contributed by atoms with van der Waals surface area (Å²) in [6.07, 6.45) is 0. The molecule has 0 bridgehead atoms. The van der Waals surface area contributed by atoms with Crippen LogP contribution in [0.3, 0.4) is 0 Å². The lowest BCUT2D eigenvalue weighted by atomic mass is 10.2. The predicted molar refractivity (Wildman–Crippen MR) is 89.3 cm³/mol. The van der Waals surface area contributed by atoms with Crippen LogP contribution in [0.4, 0.5) is 0 Å². The standard InChI is InChI=1S/C14H12BrCl2NO2S/c1-18(9-10-3-2-4-11(15)7-10)21(19,20)14-8-12(16)5-6-13(14)17/h2-8H,9H2,1H3. The van der Waals surface area contributed by atoms with Crippen molar-refractivity contribution < 1.29 is 8.42 Å². The van der Waals surface area contributed by atoms with Crippen molar-refractivity contribution in [1.29, 1.82) is 0 Å². The molecule has 0 N–H and O–H groups in total. The lowest BCUT2D eigenvalue weighted by Gasteiger charge is -2.18. The quantitative estimate of drug-likeness (QED) is 0.742. The SMILES string of the molecule is CN(Cc1cccc(Br)c1)S(=O)(=O)c1cc(Cl)ccc1Cl. The second-order valence-electron chi connectivity index (χ2n) is 4.47. The summed E-state index contributed by atoms with van der Waals surface area (Å²) in [4.78, 5) is 0.00848. The Morgan fingerprint density at radius 3 is 2.52 bits per heavy atom. The average molecular weight is 409 g/mol. The van der Waals surface area contributed by atoms with Crippen molar-refractivity contribution in [1.82, 2.24) is 4.31 Å². The van der Waals surface area contributed by atoms with Crippen LogP contribution in [0.2, 0.25) is 10.0 Å². The maximum atomic E-state index is 12.6. The minimum atomic E-state index is -3.70. The summed E-state index contributed by atoms with van der Waals surface area (Å²) in [6, 6.07) is 11.8. The van der Waals surface area contributed by atoms with Crippen LogP contribution in [0.25, 0.3) is 0 Å². The highest BCUT2D eigenvalue weighted by molar-refractivity contribution is 9.10. The largest absolute Gasteiger partial charge is 0.244 e. The molecule has 112 valence electrons. The van der Waals surface area contributed by atoms with Gasteiger partial charge in [0, 0.05) is 23.1 Å². The van der Waals surface area contributed by atoms with Crippen LogP contribution in [0.15, 0.2) is 51.8 Å². The van der Waals surface area contributed by atoms with Gasteiger partial charge >= 0.3 is 0 Å². The van der Waals surface area contributed by atoms with Gasteiger partial charge in [-0.25, -0.2) is 8.42 Å². The number of nitrogens with zero attached hydrogens (tertiary/aromatic N) is 1. The van der Waals surface area contributed by atoms with E-state index in [1.807, 2.05) is 24.3 Å². The van der Waals surface area contributed by atoms with E-state index < -0.39 is 10.0 Å². The van der Waals surface area contributed by atoms with Crippen LogP contribution in [0.1, 0.15) is 5.56 Å². The first-order valence-corrected chi connectivity index (χ1v) is 8.95. The molecule has 0 radical (unpaired) electrons. The monoisotopic (exact) mass is 407 g/mol. The molecule has 7 heteroatoms.